The van der Waals surface area contributed by atoms with Gasteiger partial charge in [0.25, 0.3) is 15.9 Å². The van der Waals surface area contributed by atoms with E-state index in [1.807, 2.05) is 13.8 Å². The molecule has 0 aromatic heterocycles. The number of halogens is 2. The molecular formula is C24H27Cl2N3O5S. The molecule has 0 bridgehead atoms. The van der Waals surface area contributed by atoms with E-state index in [9.17, 15) is 22.8 Å². The Bertz CT molecular complexity index is 1230. The average molecular weight is 540 g/mol. The molecule has 1 aliphatic heterocycles. The zero-order valence-electron chi connectivity index (χ0n) is 19.6. The number of nitrogens with one attached hydrogen (secondary N) is 1. The van der Waals surface area contributed by atoms with Gasteiger partial charge in [-0.3, -0.25) is 14.4 Å². The van der Waals surface area contributed by atoms with E-state index in [-0.39, 0.29) is 48.3 Å². The molecule has 1 atom stereocenters. The van der Waals surface area contributed by atoms with Crippen LogP contribution < -0.4 is 5.32 Å². The number of carbonyl (C=O) groups is 3. The molecule has 0 fully saturated rings. The number of amides is 3. The molecule has 8 nitrogen and oxygen atoms in total. The van der Waals surface area contributed by atoms with Crippen LogP contribution in [0, 0.1) is 0 Å². The Hall–Kier alpha value is -2.62. The lowest BCUT2D eigenvalue weighted by Crippen LogP contribution is -2.49. The summed E-state index contributed by atoms with van der Waals surface area (Å²) >= 11 is 12.6. The minimum atomic E-state index is -3.96. The van der Waals surface area contributed by atoms with Crippen LogP contribution in [0.25, 0.3) is 0 Å². The lowest BCUT2D eigenvalue weighted by atomic mass is 10.1. The summed E-state index contributed by atoms with van der Waals surface area (Å²) in [7, 11) is -3.96. The van der Waals surface area contributed by atoms with Gasteiger partial charge in [-0.2, -0.15) is 0 Å². The van der Waals surface area contributed by atoms with Gasteiger partial charge >= 0.3 is 0 Å². The number of nitrogens with zero attached hydrogens (tertiary/aromatic N) is 2. The van der Waals surface area contributed by atoms with Gasteiger partial charge in [0.05, 0.1) is 5.56 Å². The van der Waals surface area contributed by atoms with Gasteiger partial charge in [0, 0.05) is 41.2 Å². The summed E-state index contributed by atoms with van der Waals surface area (Å²) in [6, 6.07) is 10.0. The SMILES string of the molecule is CC(C)NC(=O)C(C)N(Cc1c(Cl)cccc1Cl)C(=O)CCCN1C(=O)c2ccccc2S1(=O)=O. The van der Waals surface area contributed by atoms with Crippen molar-refractivity contribution in [2.24, 2.45) is 0 Å². The maximum absolute atomic E-state index is 13.2. The van der Waals surface area contributed by atoms with Crippen LogP contribution in [0.2, 0.25) is 10.0 Å². The van der Waals surface area contributed by atoms with E-state index in [2.05, 4.69) is 5.32 Å². The molecular weight excluding hydrogens is 513 g/mol. The van der Waals surface area contributed by atoms with Gasteiger partial charge in [-0.1, -0.05) is 41.4 Å². The summed E-state index contributed by atoms with van der Waals surface area (Å²) in [5, 5.41) is 3.51. The molecule has 0 saturated heterocycles. The molecule has 188 valence electrons. The largest absolute Gasteiger partial charge is 0.352 e. The van der Waals surface area contributed by atoms with Gasteiger partial charge in [0.1, 0.15) is 10.9 Å². The minimum absolute atomic E-state index is 0.00356. The molecule has 11 heteroatoms. The molecule has 1 aliphatic rings. The van der Waals surface area contributed by atoms with Crippen LogP contribution in [0.3, 0.4) is 0 Å². The minimum Gasteiger partial charge on any atom is -0.352 e. The van der Waals surface area contributed by atoms with Gasteiger partial charge in [0.15, 0.2) is 0 Å². The Morgan fingerprint density at radius 3 is 2.26 bits per heavy atom. The number of rotatable bonds is 9. The molecule has 0 spiro atoms. The number of fused-ring (bicyclic) bond motifs is 1. The summed E-state index contributed by atoms with van der Waals surface area (Å²) < 4.78 is 26.3. The summed E-state index contributed by atoms with van der Waals surface area (Å²) in [6.07, 6.45) is 0.0000803. The van der Waals surface area contributed by atoms with Crippen molar-refractivity contribution in [1.82, 2.24) is 14.5 Å². The Balaban J connectivity index is 1.75. The molecule has 35 heavy (non-hydrogen) atoms. The predicted molar refractivity (Wildman–Crippen MR) is 134 cm³/mol. The third-order valence-corrected chi connectivity index (χ3v) is 8.20. The fourth-order valence-electron chi connectivity index (χ4n) is 3.81. The summed E-state index contributed by atoms with van der Waals surface area (Å²) in [5.74, 6) is -1.35. The topological polar surface area (TPSA) is 104 Å². The van der Waals surface area contributed by atoms with E-state index >= 15 is 0 Å². The molecule has 3 rings (SSSR count). The highest BCUT2D eigenvalue weighted by molar-refractivity contribution is 7.90. The predicted octanol–water partition coefficient (Wildman–Crippen LogP) is 3.86. The summed E-state index contributed by atoms with van der Waals surface area (Å²) in [6.45, 7) is 5.07. The third kappa shape index (κ3) is 5.79. The van der Waals surface area contributed by atoms with Crippen molar-refractivity contribution in [3.8, 4) is 0 Å². The maximum atomic E-state index is 13.2. The molecule has 1 N–H and O–H groups in total. The second-order valence-electron chi connectivity index (χ2n) is 8.54. The van der Waals surface area contributed by atoms with Crippen LogP contribution in [0.1, 0.15) is 49.5 Å². The molecule has 0 saturated carbocycles. The molecule has 1 heterocycles. The first-order chi connectivity index (χ1) is 16.4. The van der Waals surface area contributed by atoms with Crippen molar-refractivity contribution in [3.63, 3.8) is 0 Å². The van der Waals surface area contributed by atoms with E-state index in [0.29, 0.717) is 15.6 Å². The number of carbonyl (C=O) groups excluding carboxylic acids is 3. The van der Waals surface area contributed by atoms with E-state index in [0.717, 1.165) is 4.31 Å². The van der Waals surface area contributed by atoms with Crippen molar-refractivity contribution < 1.29 is 22.8 Å². The van der Waals surface area contributed by atoms with Crippen LogP contribution in [0.15, 0.2) is 47.4 Å². The Kier molecular flexibility index (Phi) is 8.46. The molecule has 2 aromatic carbocycles. The number of sulfonamides is 1. The number of benzene rings is 2. The number of hydrogen-bond donors (Lipinski definition) is 1. The quantitative estimate of drug-likeness (QED) is 0.520. The second-order valence-corrected chi connectivity index (χ2v) is 11.2. The fourth-order valence-corrected chi connectivity index (χ4v) is 5.94. The highest BCUT2D eigenvalue weighted by Gasteiger charge is 2.40. The molecule has 2 aromatic rings. The van der Waals surface area contributed by atoms with Crippen molar-refractivity contribution in [1.29, 1.82) is 0 Å². The first-order valence-corrected chi connectivity index (χ1v) is 13.3. The Morgan fingerprint density at radius 1 is 1.03 bits per heavy atom. The summed E-state index contributed by atoms with van der Waals surface area (Å²) in [5.41, 5.74) is 0.619. The Labute approximate surface area is 215 Å². The van der Waals surface area contributed by atoms with E-state index < -0.39 is 27.9 Å². The fraction of sp³-hybridized carbons (Fsp3) is 0.375. The van der Waals surface area contributed by atoms with E-state index in [4.69, 9.17) is 23.2 Å². The third-order valence-electron chi connectivity index (χ3n) is 5.65. The van der Waals surface area contributed by atoms with Gasteiger partial charge in [-0.05, 0) is 51.5 Å². The Morgan fingerprint density at radius 2 is 1.66 bits per heavy atom. The molecule has 0 radical (unpaired) electrons. The second kappa shape index (κ2) is 11.0. The van der Waals surface area contributed by atoms with Crippen molar-refractivity contribution in [2.45, 2.75) is 57.1 Å². The zero-order valence-corrected chi connectivity index (χ0v) is 22.0. The normalized spacial score (nSPS) is 15.1. The summed E-state index contributed by atoms with van der Waals surface area (Å²) in [4.78, 5) is 39.9. The van der Waals surface area contributed by atoms with Crippen LogP contribution in [-0.4, -0.2) is 54.0 Å². The molecule has 0 aliphatic carbocycles. The lowest BCUT2D eigenvalue weighted by Gasteiger charge is -2.30. The van der Waals surface area contributed by atoms with Crippen molar-refractivity contribution in [3.05, 3.63) is 63.6 Å². The van der Waals surface area contributed by atoms with Crippen LogP contribution in [0.4, 0.5) is 0 Å². The molecule has 3 amide bonds. The highest BCUT2D eigenvalue weighted by Crippen LogP contribution is 2.30. The standard InChI is InChI=1S/C24H27Cl2N3O5S/c1-15(2)27-23(31)16(3)28(14-18-19(25)9-6-10-20(18)26)22(30)12-7-13-29-24(32)17-8-4-5-11-21(17)35(29,33)34/h4-6,8-11,15-16H,7,12-14H2,1-3H3,(H,27,31). The smallest absolute Gasteiger partial charge is 0.269 e. The maximum Gasteiger partial charge on any atom is 0.269 e. The highest BCUT2D eigenvalue weighted by atomic mass is 35.5. The van der Waals surface area contributed by atoms with Crippen molar-refractivity contribution in [2.75, 3.05) is 6.54 Å². The molecule has 1 unspecified atom stereocenters. The first kappa shape index (κ1) is 27.0. The monoisotopic (exact) mass is 539 g/mol. The van der Waals surface area contributed by atoms with Gasteiger partial charge in [-0.15, -0.1) is 0 Å². The van der Waals surface area contributed by atoms with Gasteiger partial charge < -0.3 is 10.2 Å². The first-order valence-electron chi connectivity index (χ1n) is 11.1. The van der Waals surface area contributed by atoms with Crippen LogP contribution in [-0.2, 0) is 26.2 Å². The lowest BCUT2D eigenvalue weighted by molar-refractivity contribution is -0.140. The van der Waals surface area contributed by atoms with Crippen LogP contribution in [0.5, 0.6) is 0 Å². The van der Waals surface area contributed by atoms with E-state index in [1.54, 1.807) is 37.3 Å². The van der Waals surface area contributed by atoms with Gasteiger partial charge in [-0.25, -0.2) is 12.7 Å². The van der Waals surface area contributed by atoms with Crippen molar-refractivity contribution >= 4 is 50.9 Å². The van der Waals surface area contributed by atoms with E-state index in [1.165, 1.54) is 17.0 Å². The average Bonchev–Trinajstić information content (AvgIpc) is 2.98. The zero-order chi connectivity index (χ0) is 25.9. The van der Waals surface area contributed by atoms with Gasteiger partial charge in [0.2, 0.25) is 11.8 Å². The van der Waals surface area contributed by atoms with Crippen LogP contribution >= 0.6 is 23.2 Å². The number of hydrogen-bond acceptors (Lipinski definition) is 5.